The molecule has 2 aliphatic heterocycles. The highest BCUT2D eigenvalue weighted by atomic mass is 32.2. The van der Waals surface area contributed by atoms with Gasteiger partial charge >= 0.3 is 6.09 Å². The van der Waals surface area contributed by atoms with Crippen LogP contribution in [0.5, 0.6) is 0 Å². The molecule has 1 amide bonds. The monoisotopic (exact) mass is 565 g/mol. The lowest BCUT2D eigenvalue weighted by Gasteiger charge is -2.40. The van der Waals surface area contributed by atoms with E-state index in [1.807, 2.05) is 36.6 Å². The van der Waals surface area contributed by atoms with E-state index in [2.05, 4.69) is 52.2 Å². The van der Waals surface area contributed by atoms with E-state index in [4.69, 9.17) is 26.0 Å². The zero-order valence-electron chi connectivity index (χ0n) is 22.9. The Morgan fingerprint density at radius 2 is 1.88 bits per heavy atom. The molecule has 1 unspecified atom stereocenters. The molecule has 3 aromatic carbocycles. The van der Waals surface area contributed by atoms with Crippen LogP contribution in [0.1, 0.15) is 28.5 Å². The van der Waals surface area contributed by atoms with Gasteiger partial charge in [0.1, 0.15) is 18.5 Å². The van der Waals surface area contributed by atoms with Gasteiger partial charge in [-0.2, -0.15) is 0 Å². The number of thioether (sulfide) groups is 1. The predicted molar refractivity (Wildman–Crippen MR) is 160 cm³/mol. The van der Waals surface area contributed by atoms with Crippen molar-refractivity contribution in [3.8, 4) is 0 Å². The molecule has 1 fully saturated rings. The van der Waals surface area contributed by atoms with Crippen molar-refractivity contribution < 1.29 is 14.3 Å². The molecule has 2 aliphatic rings. The van der Waals surface area contributed by atoms with Crippen molar-refractivity contribution in [2.45, 2.75) is 36.9 Å². The van der Waals surface area contributed by atoms with Gasteiger partial charge in [-0.05, 0) is 28.2 Å². The van der Waals surface area contributed by atoms with Crippen molar-refractivity contribution in [2.24, 2.45) is 0 Å². The van der Waals surface area contributed by atoms with Crippen molar-refractivity contribution in [1.82, 2.24) is 14.9 Å². The molecule has 1 saturated heterocycles. The van der Waals surface area contributed by atoms with Gasteiger partial charge in [0.05, 0.1) is 18.4 Å². The van der Waals surface area contributed by atoms with E-state index >= 15 is 0 Å². The van der Waals surface area contributed by atoms with Crippen LogP contribution in [0, 0.1) is 6.57 Å². The maximum atomic E-state index is 13.0. The minimum Gasteiger partial charge on any atom is -0.445 e. The number of hydrogen-bond donors (Lipinski definition) is 0. The third-order valence-electron chi connectivity index (χ3n) is 7.73. The number of piperazine rings is 1. The Bertz CT molecular complexity index is 1590. The van der Waals surface area contributed by atoms with E-state index in [1.165, 1.54) is 28.1 Å². The van der Waals surface area contributed by atoms with Crippen LogP contribution in [0.15, 0.2) is 78.0 Å². The summed E-state index contributed by atoms with van der Waals surface area (Å²) in [5.74, 6) is 0.836. The Kier molecular flexibility index (Phi) is 8.03. The van der Waals surface area contributed by atoms with E-state index in [0.29, 0.717) is 37.8 Å². The molecule has 0 spiro atoms. The Balaban J connectivity index is 1.22. The number of amides is 1. The number of anilines is 1. The first-order chi connectivity index (χ1) is 20.1. The Labute approximate surface area is 244 Å². The normalized spacial score (nSPS) is 18.5. The molecular formula is C32H31N5O3S. The molecule has 41 heavy (non-hydrogen) atoms. The van der Waals surface area contributed by atoms with Crippen LogP contribution in [0.25, 0.3) is 15.6 Å². The minimum absolute atomic E-state index is 0.0999. The molecule has 3 heterocycles. The fraction of sp³-hybridized carbons (Fsp3) is 0.312. The molecule has 4 aromatic rings. The second kappa shape index (κ2) is 12.2. The van der Waals surface area contributed by atoms with Gasteiger partial charge in [-0.1, -0.05) is 84.6 Å². The summed E-state index contributed by atoms with van der Waals surface area (Å²) in [4.78, 5) is 30.3. The summed E-state index contributed by atoms with van der Waals surface area (Å²) in [6.07, 6.45) is 2.15. The van der Waals surface area contributed by atoms with Crippen molar-refractivity contribution in [1.29, 1.82) is 0 Å². The van der Waals surface area contributed by atoms with E-state index in [0.717, 1.165) is 22.6 Å². The second-order valence-corrected chi connectivity index (χ2v) is 11.0. The molecule has 9 heteroatoms. The summed E-state index contributed by atoms with van der Waals surface area (Å²) >= 11 is 1.52. The van der Waals surface area contributed by atoms with Crippen LogP contribution in [-0.4, -0.2) is 59.4 Å². The number of carbonyl (C=O) groups excluding carboxylic acids is 1. The summed E-state index contributed by atoms with van der Waals surface area (Å²) in [6.45, 7) is 9.85. The molecule has 0 bridgehead atoms. The van der Waals surface area contributed by atoms with Gasteiger partial charge in [-0.3, -0.25) is 4.90 Å². The summed E-state index contributed by atoms with van der Waals surface area (Å²) in [5, 5.41) is 3.10. The number of hydrogen-bond acceptors (Lipinski definition) is 7. The average molecular weight is 566 g/mol. The van der Waals surface area contributed by atoms with Gasteiger partial charge in [-0.25, -0.2) is 21.3 Å². The standard InChI is InChI=1S/C32H31N5O3S/c1-33-18-24-19-36(15-16-37(24)32(38)40-20-22-9-4-3-5-10-22)30-27-21-39-29(17-28(27)34-31(35-30)41-2)26-14-8-12-23-11-6-7-13-25(23)26/h3-14,24,29H,15-21H2,2H3/t24-,29?/m0/s1. The summed E-state index contributed by atoms with van der Waals surface area (Å²) in [7, 11) is 0. The number of ether oxygens (including phenoxy) is 2. The highest BCUT2D eigenvalue weighted by Gasteiger charge is 2.36. The number of aromatic nitrogens is 2. The van der Waals surface area contributed by atoms with Crippen molar-refractivity contribution in [2.75, 3.05) is 37.3 Å². The topological polar surface area (TPSA) is 72.2 Å². The minimum atomic E-state index is -0.391. The van der Waals surface area contributed by atoms with Crippen LogP contribution in [-0.2, 0) is 29.1 Å². The summed E-state index contributed by atoms with van der Waals surface area (Å²) < 4.78 is 12.1. The van der Waals surface area contributed by atoms with E-state index in [1.54, 1.807) is 4.90 Å². The van der Waals surface area contributed by atoms with Crippen LogP contribution < -0.4 is 4.90 Å². The average Bonchev–Trinajstić information content (AvgIpc) is 3.03. The first kappa shape index (κ1) is 27.1. The largest absolute Gasteiger partial charge is 0.445 e. The van der Waals surface area contributed by atoms with Crippen molar-refractivity contribution in [3.05, 3.63) is 107 Å². The highest BCUT2D eigenvalue weighted by Crippen LogP contribution is 2.37. The van der Waals surface area contributed by atoms with Crippen LogP contribution in [0.4, 0.5) is 10.6 Å². The van der Waals surface area contributed by atoms with Crippen LogP contribution in [0.2, 0.25) is 0 Å². The van der Waals surface area contributed by atoms with Crippen LogP contribution >= 0.6 is 11.8 Å². The molecule has 0 N–H and O–H groups in total. The van der Waals surface area contributed by atoms with Gasteiger partial charge in [0.15, 0.2) is 5.16 Å². The molecular weight excluding hydrogens is 534 g/mol. The number of carbonyl (C=O) groups is 1. The predicted octanol–water partition coefficient (Wildman–Crippen LogP) is 5.91. The second-order valence-electron chi connectivity index (χ2n) is 10.2. The lowest BCUT2D eigenvalue weighted by molar-refractivity contribution is 0.0264. The number of fused-ring (bicyclic) bond motifs is 2. The highest BCUT2D eigenvalue weighted by molar-refractivity contribution is 7.98. The van der Waals surface area contributed by atoms with E-state index < -0.39 is 6.09 Å². The zero-order chi connectivity index (χ0) is 28.2. The summed E-state index contributed by atoms with van der Waals surface area (Å²) in [5.41, 5.74) is 4.08. The van der Waals surface area contributed by atoms with E-state index in [9.17, 15) is 4.79 Å². The molecule has 0 saturated carbocycles. The van der Waals surface area contributed by atoms with Crippen molar-refractivity contribution >= 4 is 34.4 Å². The molecule has 8 nitrogen and oxygen atoms in total. The Morgan fingerprint density at radius 3 is 2.71 bits per heavy atom. The number of nitrogens with zero attached hydrogens (tertiary/aromatic N) is 5. The molecule has 2 atom stereocenters. The number of benzene rings is 3. The molecule has 208 valence electrons. The Morgan fingerprint density at radius 1 is 1.07 bits per heavy atom. The first-order valence-corrected chi connectivity index (χ1v) is 15.0. The maximum absolute atomic E-state index is 13.0. The van der Waals surface area contributed by atoms with Crippen molar-refractivity contribution in [3.63, 3.8) is 0 Å². The van der Waals surface area contributed by atoms with E-state index in [-0.39, 0.29) is 25.3 Å². The molecule has 6 rings (SSSR count). The zero-order valence-corrected chi connectivity index (χ0v) is 23.7. The van der Waals surface area contributed by atoms with Gasteiger partial charge in [0, 0.05) is 31.6 Å². The third-order valence-corrected chi connectivity index (χ3v) is 8.28. The molecule has 1 aromatic heterocycles. The fourth-order valence-corrected chi connectivity index (χ4v) is 6.05. The summed E-state index contributed by atoms with van der Waals surface area (Å²) in [6, 6.07) is 24.0. The first-order valence-electron chi connectivity index (χ1n) is 13.7. The fourth-order valence-electron chi connectivity index (χ4n) is 5.67. The molecule has 0 aliphatic carbocycles. The lowest BCUT2D eigenvalue weighted by Crippen LogP contribution is -2.57. The third kappa shape index (κ3) is 5.71. The smallest absolute Gasteiger partial charge is 0.410 e. The van der Waals surface area contributed by atoms with Gasteiger partial charge in [0.2, 0.25) is 6.54 Å². The molecule has 0 radical (unpaired) electrons. The quantitative estimate of drug-likeness (QED) is 0.163. The maximum Gasteiger partial charge on any atom is 0.410 e. The number of rotatable bonds is 6. The van der Waals surface area contributed by atoms with Gasteiger partial charge < -0.3 is 19.2 Å². The lowest BCUT2D eigenvalue weighted by atomic mass is 9.94. The van der Waals surface area contributed by atoms with Crippen LogP contribution in [0.3, 0.4) is 0 Å². The van der Waals surface area contributed by atoms with Gasteiger partial charge in [-0.15, -0.1) is 0 Å². The Hall–Kier alpha value is -4.13. The SMILES string of the molecule is [C-]#[N+]C[C@H]1CN(c2nc(SC)nc3c2COC(c2cccc4ccccc24)C3)CCN1C(=O)OCc1ccccc1. The van der Waals surface area contributed by atoms with Gasteiger partial charge in [0.25, 0.3) is 0 Å².